The van der Waals surface area contributed by atoms with Gasteiger partial charge in [0.2, 0.25) is 5.91 Å². The lowest BCUT2D eigenvalue weighted by Gasteiger charge is -2.14. The smallest absolute Gasteiger partial charge is 0.221 e. The Morgan fingerprint density at radius 3 is 2.40 bits per heavy atom. The number of nitrogens with one attached hydrogen (secondary N) is 2. The van der Waals surface area contributed by atoms with E-state index in [-0.39, 0.29) is 23.0 Å². The number of rotatable bonds is 7. The molecule has 3 N–H and O–H groups in total. The van der Waals surface area contributed by atoms with Crippen molar-refractivity contribution in [2.75, 3.05) is 10.6 Å². The molecule has 0 aliphatic heterocycles. The number of anilines is 2. The molecular formula is C23H21ClN2O3S. The number of phenolic OH excluding ortho intramolecular Hbond substituents is 1. The molecule has 0 atom stereocenters. The third-order valence-corrected chi connectivity index (χ3v) is 5.64. The quantitative estimate of drug-likeness (QED) is 0.311. The summed E-state index contributed by atoms with van der Waals surface area (Å²) in [5.74, 6) is -0.466. The second-order valence-electron chi connectivity index (χ2n) is 6.67. The number of halogens is 1. The van der Waals surface area contributed by atoms with Crippen LogP contribution in [0, 0.1) is 0 Å². The topological polar surface area (TPSA) is 78.4 Å². The summed E-state index contributed by atoms with van der Waals surface area (Å²) >= 11 is 7.69. The summed E-state index contributed by atoms with van der Waals surface area (Å²) in [6.07, 6.45) is 0. The van der Waals surface area contributed by atoms with Crippen LogP contribution in [0.5, 0.6) is 5.75 Å². The van der Waals surface area contributed by atoms with Gasteiger partial charge in [0, 0.05) is 34.0 Å². The van der Waals surface area contributed by atoms with E-state index in [4.69, 9.17) is 11.6 Å². The maximum absolute atomic E-state index is 11.7. The fraction of sp³-hybridized carbons (Fsp3) is 0.130. The molecule has 0 fully saturated rings. The second kappa shape index (κ2) is 9.69. The zero-order valence-corrected chi connectivity index (χ0v) is 18.1. The van der Waals surface area contributed by atoms with E-state index in [0.717, 1.165) is 21.0 Å². The van der Waals surface area contributed by atoms with Gasteiger partial charge < -0.3 is 15.7 Å². The average Bonchev–Trinajstić information content (AvgIpc) is 2.70. The third-order valence-electron chi connectivity index (χ3n) is 4.30. The average molecular weight is 441 g/mol. The van der Waals surface area contributed by atoms with E-state index in [1.807, 2.05) is 48.5 Å². The Labute approximate surface area is 184 Å². The fourth-order valence-corrected chi connectivity index (χ4v) is 4.04. The van der Waals surface area contributed by atoms with Crippen molar-refractivity contribution in [1.82, 2.24) is 0 Å². The van der Waals surface area contributed by atoms with E-state index in [0.29, 0.717) is 17.3 Å². The predicted octanol–water partition coefficient (Wildman–Crippen LogP) is 5.97. The zero-order chi connectivity index (χ0) is 21.7. The van der Waals surface area contributed by atoms with Gasteiger partial charge in [-0.3, -0.25) is 9.59 Å². The Bertz CT molecular complexity index is 1080. The minimum absolute atomic E-state index is 0.106. The first kappa shape index (κ1) is 21.7. The van der Waals surface area contributed by atoms with Crippen molar-refractivity contribution in [3.8, 4) is 5.75 Å². The predicted molar refractivity (Wildman–Crippen MR) is 122 cm³/mol. The van der Waals surface area contributed by atoms with Gasteiger partial charge in [0.25, 0.3) is 0 Å². The van der Waals surface area contributed by atoms with Gasteiger partial charge in [0.15, 0.2) is 5.78 Å². The van der Waals surface area contributed by atoms with Crippen LogP contribution in [0.2, 0.25) is 5.02 Å². The molecule has 5 nitrogen and oxygen atoms in total. The summed E-state index contributed by atoms with van der Waals surface area (Å²) < 4.78 is 0. The minimum atomic E-state index is -0.253. The number of amides is 1. The summed E-state index contributed by atoms with van der Waals surface area (Å²) in [6.45, 7) is 3.31. The van der Waals surface area contributed by atoms with E-state index < -0.39 is 0 Å². The summed E-state index contributed by atoms with van der Waals surface area (Å²) in [6, 6.07) is 18.6. The van der Waals surface area contributed by atoms with Crippen LogP contribution in [0.3, 0.4) is 0 Å². The first-order valence-corrected chi connectivity index (χ1v) is 10.4. The van der Waals surface area contributed by atoms with Crippen LogP contribution in [0.25, 0.3) is 0 Å². The summed E-state index contributed by atoms with van der Waals surface area (Å²) in [7, 11) is 0. The van der Waals surface area contributed by atoms with E-state index in [1.165, 1.54) is 19.9 Å². The number of carbonyl (C=O) groups is 2. The summed E-state index contributed by atoms with van der Waals surface area (Å²) in [5, 5.41) is 16.7. The highest BCUT2D eigenvalue weighted by Gasteiger charge is 2.13. The molecule has 0 spiro atoms. The Kier molecular flexibility index (Phi) is 7.03. The first-order valence-electron chi connectivity index (χ1n) is 9.24. The molecule has 0 heterocycles. The molecule has 0 aliphatic carbocycles. The van der Waals surface area contributed by atoms with Gasteiger partial charge in [-0.05, 0) is 55.0 Å². The molecule has 0 radical (unpaired) electrons. The number of phenols is 1. The second-order valence-corrected chi connectivity index (χ2v) is 8.23. The first-order chi connectivity index (χ1) is 14.3. The van der Waals surface area contributed by atoms with Crippen LogP contribution in [0.1, 0.15) is 29.8 Å². The van der Waals surface area contributed by atoms with Gasteiger partial charge in [0.05, 0.1) is 11.3 Å². The van der Waals surface area contributed by atoms with Crippen molar-refractivity contribution in [2.45, 2.75) is 30.2 Å². The normalized spacial score (nSPS) is 10.5. The van der Waals surface area contributed by atoms with Crippen LogP contribution in [-0.2, 0) is 11.3 Å². The molecule has 154 valence electrons. The number of Topliss-reactive ketones (excluding diaryl/α,β-unsaturated/α-hetero) is 1. The highest BCUT2D eigenvalue weighted by atomic mass is 35.5. The standard InChI is InChI=1S/C23H21ClN2O3S/c1-14(27)20-11-17(24)12-21(23(20)29)25-13-16-5-3-4-6-22(16)30-19-9-7-18(8-10-19)26-15(2)28/h3-12,25,29H,13H2,1-2H3,(H,26,28). The number of hydrogen-bond donors (Lipinski definition) is 3. The third kappa shape index (κ3) is 5.55. The summed E-state index contributed by atoms with van der Waals surface area (Å²) in [4.78, 5) is 24.9. The monoisotopic (exact) mass is 440 g/mol. The molecule has 30 heavy (non-hydrogen) atoms. The Morgan fingerprint density at radius 2 is 1.73 bits per heavy atom. The Balaban J connectivity index is 1.76. The van der Waals surface area contributed by atoms with E-state index in [9.17, 15) is 14.7 Å². The van der Waals surface area contributed by atoms with Crippen LogP contribution in [0.15, 0.2) is 70.5 Å². The van der Waals surface area contributed by atoms with Crippen LogP contribution >= 0.6 is 23.4 Å². The van der Waals surface area contributed by atoms with Crippen molar-refractivity contribution in [1.29, 1.82) is 0 Å². The molecule has 3 aromatic rings. The number of ketones is 1. The highest BCUT2D eigenvalue weighted by molar-refractivity contribution is 7.99. The van der Waals surface area contributed by atoms with Gasteiger partial charge in [-0.1, -0.05) is 41.6 Å². The van der Waals surface area contributed by atoms with E-state index >= 15 is 0 Å². The lowest BCUT2D eigenvalue weighted by molar-refractivity contribution is -0.114. The number of carbonyl (C=O) groups excluding carboxylic acids is 2. The molecule has 0 bridgehead atoms. The molecule has 0 aromatic heterocycles. The van der Waals surface area contributed by atoms with Gasteiger partial charge >= 0.3 is 0 Å². The summed E-state index contributed by atoms with van der Waals surface area (Å²) in [5.41, 5.74) is 2.37. The van der Waals surface area contributed by atoms with Crippen molar-refractivity contribution in [2.24, 2.45) is 0 Å². The highest BCUT2D eigenvalue weighted by Crippen LogP contribution is 2.34. The van der Waals surface area contributed by atoms with Gasteiger partial charge in [-0.25, -0.2) is 0 Å². The van der Waals surface area contributed by atoms with Crippen LogP contribution in [0.4, 0.5) is 11.4 Å². The molecule has 0 unspecified atom stereocenters. The molecule has 3 aromatic carbocycles. The maximum atomic E-state index is 11.7. The van der Waals surface area contributed by atoms with Gasteiger partial charge in [-0.15, -0.1) is 0 Å². The van der Waals surface area contributed by atoms with Gasteiger partial charge in [0.1, 0.15) is 5.75 Å². The van der Waals surface area contributed by atoms with E-state index in [1.54, 1.807) is 17.8 Å². The molecular weight excluding hydrogens is 420 g/mol. The minimum Gasteiger partial charge on any atom is -0.505 e. The molecule has 1 amide bonds. The largest absolute Gasteiger partial charge is 0.505 e. The van der Waals surface area contributed by atoms with Crippen LogP contribution < -0.4 is 10.6 Å². The number of benzene rings is 3. The van der Waals surface area contributed by atoms with Gasteiger partial charge in [-0.2, -0.15) is 0 Å². The lowest BCUT2D eigenvalue weighted by atomic mass is 10.1. The van der Waals surface area contributed by atoms with Crippen LogP contribution in [-0.4, -0.2) is 16.8 Å². The molecule has 0 aliphatic rings. The maximum Gasteiger partial charge on any atom is 0.221 e. The van der Waals surface area contributed by atoms with Crippen molar-refractivity contribution in [3.63, 3.8) is 0 Å². The fourth-order valence-electron chi connectivity index (χ4n) is 2.88. The Hall–Kier alpha value is -2.96. The van der Waals surface area contributed by atoms with Crippen molar-refractivity contribution in [3.05, 3.63) is 76.8 Å². The van der Waals surface area contributed by atoms with E-state index in [2.05, 4.69) is 10.6 Å². The SMILES string of the molecule is CC(=O)Nc1ccc(Sc2ccccc2CNc2cc(Cl)cc(C(C)=O)c2O)cc1. The zero-order valence-electron chi connectivity index (χ0n) is 16.5. The lowest BCUT2D eigenvalue weighted by Crippen LogP contribution is -2.05. The van der Waals surface area contributed by atoms with Crippen molar-refractivity contribution < 1.29 is 14.7 Å². The Morgan fingerprint density at radius 1 is 1.03 bits per heavy atom. The number of hydrogen-bond acceptors (Lipinski definition) is 5. The van der Waals surface area contributed by atoms with Crippen molar-refractivity contribution >= 4 is 46.4 Å². The molecule has 3 rings (SSSR count). The number of aromatic hydroxyl groups is 1. The molecule has 0 saturated heterocycles. The molecule has 7 heteroatoms. The molecule has 0 saturated carbocycles.